The van der Waals surface area contributed by atoms with E-state index in [9.17, 15) is 4.79 Å². The first kappa shape index (κ1) is 19.3. The molecule has 3 aromatic rings. The summed E-state index contributed by atoms with van der Waals surface area (Å²) in [6.07, 6.45) is 5.44. The Morgan fingerprint density at radius 3 is 3.00 bits per heavy atom. The number of hydrogen-bond donors (Lipinski definition) is 1. The van der Waals surface area contributed by atoms with Crippen molar-refractivity contribution in [2.45, 2.75) is 32.8 Å². The summed E-state index contributed by atoms with van der Waals surface area (Å²) in [5, 5.41) is 4.18. The Morgan fingerprint density at radius 1 is 1.28 bits per heavy atom. The highest BCUT2D eigenvalue weighted by Gasteiger charge is 2.24. The maximum atomic E-state index is 11.3. The van der Waals surface area contributed by atoms with Crippen molar-refractivity contribution in [2.75, 3.05) is 23.3 Å². The molecule has 0 bridgehead atoms. The molecule has 150 valence electrons. The third-order valence-electron chi connectivity index (χ3n) is 4.65. The van der Waals surface area contributed by atoms with E-state index >= 15 is 0 Å². The monoisotopic (exact) mass is 409 g/mol. The van der Waals surface area contributed by atoms with E-state index in [0.717, 1.165) is 52.3 Å². The van der Waals surface area contributed by atoms with Crippen LogP contribution in [0, 0.1) is 6.92 Å². The molecular weight excluding hydrogens is 386 g/mol. The van der Waals surface area contributed by atoms with E-state index in [0.29, 0.717) is 6.54 Å². The lowest BCUT2D eigenvalue weighted by atomic mass is 10.1. The fourth-order valence-corrected chi connectivity index (χ4v) is 4.27. The number of anilines is 3. The van der Waals surface area contributed by atoms with Crippen LogP contribution in [0.1, 0.15) is 25.3 Å². The predicted octanol–water partition coefficient (Wildman–Crippen LogP) is 4.18. The number of rotatable bonds is 5. The number of nitrogens with one attached hydrogen (secondary N) is 1. The van der Waals surface area contributed by atoms with Gasteiger partial charge in [-0.2, -0.15) is 0 Å². The summed E-state index contributed by atoms with van der Waals surface area (Å²) < 4.78 is 5.38. The van der Waals surface area contributed by atoms with Gasteiger partial charge in [-0.1, -0.05) is 17.4 Å². The number of pyridine rings is 2. The Morgan fingerprint density at radius 2 is 2.17 bits per heavy atom. The normalized spacial score (nSPS) is 16.5. The summed E-state index contributed by atoms with van der Waals surface area (Å²) in [4.78, 5) is 28.1. The molecule has 0 radical (unpaired) electrons. The van der Waals surface area contributed by atoms with Crippen molar-refractivity contribution >= 4 is 34.1 Å². The summed E-state index contributed by atoms with van der Waals surface area (Å²) >= 11 is 1.60. The van der Waals surface area contributed by atoms with Crippen molar-refractivity contribution in [3.63, 3.8) is 0 Å². The van der Waals surface area contributed by atoms with Crippen LogP contribution in [0.15, 0.2) is 42.7 Å². The molecule has 1 fully saturated rings. The van der Waals surface area contributed by atoms with Gasteiger partial charge < -0.3 is 15.0 Å². The first-order valence-electron chi connectivity index (χ1n) is 9.62. The lowest BCUT2D eigenvalue weighted by Gasteiger charge is -2.31. The van der Waals surface area contributed by atoms with Gasteiger partial charge in [0.1, 0.15) is 17.7 Å². The highest BCUT2D eigenvalue weighted by Crippen LogP contribution is 2.32. The first-order chi connectivity index (χ1) is 14.1. The number of carbonyl (C=O) groups excluding carboxylic acids is 1. The molecule has 8 heteroatoms. The first-order valence-corrected chi connectivity index (χ1v) is 10.4. The molecule has 0 saturated carbocycles. The topological polar surface area (TPSA) is 80.2 Å². The number of aromatic nitrogens is 3. The third-order valence-corrected chi connectivity index (χ3v) is 5.73. The molecule has 7 nitrogen and oxygen atoms in total. The zero-order valence-corrected chi connectivity index (χ0v) is 17.3. The second-order valence-corrected chi connectivity index (χ2v) is 8.09. The van der Waals surface area contributed by atoms with Gasteiger partial charge in [0.2, 0.25) is 0 Å². The molecule has 1 N–H and O–H groups in total. The maximum absolute atomic E-state index is 11.3. The number of esters is 1. The van der Waals surface area contributed by atoms with E-state index in [-0.39, 0.29) is 12.1 Å². The van der Waals surface area contributed by atoms with Crippen LogP contribution in [-0.2, 0) is 9.53 Å². The minimum atomic E-state index is -0.228. The number of carbonyl (C=O) groups is 1. The number of aryl methyl sites for hydroxylation is 1. The predicted molar refractivity (Wildman–Crippen MR) is 115 cm³/mol. The van der Waals surface area contributed by atoms with Crippen molar-refractivity contribution in [1.82, 2.24) is 15.0 Å². The molecule has 29 heavy (non-hydrogen) atoms. The smallest absolute Gasteiger partial charge is 0.302 e. The zero-order chi connectivity index (χ0) is 20.2. The Hall–Kier alpha value is -3.00. The highest BCUT2D eigenvalue weighted by molar-refractivity contribution is 7.18. The van der Waals surface area contributed by atoms with Crippen LogP contribution >= 0.6 is 11.3 Å². The second kappa shape index (κ2) is 8.57. The average Bonchev–Trinajstić information content (AvgIpc) is 3.18. The zero-order valence-electron chi connectivity index (χ0n) is 16.5. The molecule has 0 unspecified atom stereocenters. The van der Waals surface area contributed by atoms with Gasteiger partial charge in [0, 0.05) is 25.9 Å². The Bertz CT molecular complexity index is 1010. The van der Waals surface area contributed by atoms with Gasteiger partial charge >= 0.3 is 5.97 Å². The molecular formula is C21H23N5O2S. The van der Waals surface area contributed by atoms with Crippen LogP contribution in [0.4, 0.5) is 16.8 Å². The van der Waals surface area contributed by atoms with Gasteiger partial charge in [-0.05, 0) is 49.6 Å². The molecule has 1 saturated heterocycles. The molecule has 3 aromatic heterocycles. The van der Waals surface area contributed by atoms with Crippen LogP contribution in [0.2, 0.25) is 0 Å². The fourth-order valence-electron chi connectivity index (χ4n) is 3.35. The summed E-state index contributed by atoms with van der Waals surface area (Å²) in [5.41, 5.74) is 2.00. The molecule has 0 amide bonds. The average molecular weight is 410 g/mol. The number of nitrogens with zero attached hydrogens (tertiary/aromatic N) is 4. The van der Waals surface area contributed by atoms with Gasteiger partial charge in [0.25, 0.3) is 0 Å². The highest BCUT2D eigenvalue weighted by atomic mass is 32.1. The summed E-state index contributed by atoms with van der Waals surface area (Å²) in [7, 11) is 0. The molecule has 1 aliphatic heterocycles. The Kier molecular flexibility index (Phi) is 5.71. The second-order valence-electron chi connectivity index (χ2n) is 7.08. The Labute approximate surface area is 173 Å². The molecule has 1 atom stereocenters. The standard InChI is InChI=1S/C21H23N5O2S/c1-14-8-9-22-20(11-14)25-19-7-3-6-17(24-19)18-12-23-21(29-18)26-10-4-5-16(13-26)28-15(2)27/h3,6-9,11-12,16H,4-5,10,13H2,1-2H3,(H,22,24,25)/t16-/m0/s1. The number of ether oxygens (including phenoxy) is 1. The molecule has 1 aliphatic rings. The summed E-state index contributed by atoms with van der Waals surface area (Å²) in [6.45, 7) is 5.08. The van der Waals surface area contributed by atoms with Crippen LogP contribution in [0.25, 0.3) is 10.6 Å². The van der Waals surface area contributed by atoms with E-state index in [1.165, 1.54) is 6.92 Å². The van der Waals surface area contributed by atoms with E-state index in [4.69, 9.17) is 9.72 Å². The van der Waals surface area contributed by atoms with Gasteiger partial charge in [-0.3, -0.25) is 4.79 Å². The van der Waals surface area contributed by atoms with Crippen molar-refractivity contribution in [1.29, 1.82) is 0 Å². The minimum absolute atomic E-state index is 0.0684. The van der Waals surface area contributed by atoms with Crippen molar-refractivity contribution in [3.05, 3.63) is 48.3 Å². The lowest BCUT2D eigenvalue weighted by molar-refractivity contribution is -0.146. The quantitative estimate of drug-likeness (QED) is 0.633. The largest absolute Gasteiger partial charge is 0.461 e. The molecule has 4 heterocycles. The van der Waals surface area contributed by atoms with Gasteiger partial charge in [-0.15, -0.1) is 0 Å². The molecule has 0 aliphatic carbocycles. The Balaban J connectivity index is 1.48. The van der Waals surface area contributed by atoms with Gasteiger partial charge in [-0.25, -0.2) is 15.0 Å². The van der Waals surface area contributed by atoms with Gasteiger partial charge in [0.15, 0.2) is 5.13 Å². The van der Waals surface area contributed by atoms with E-state index < -0.39 is 0 Å². The lowest BCUT2D eigenvalue weighted by Crippen LogP contribution is -2.40. The van der Waals surface area contributed by atoms with Gasteiger partial charge in [0.05, 0.1) is 17.1 Å². The van der Waals surface area contributed by atoms with Crippen LogP contribution in [-0.4, -0.2) is 40.1 Å². The fraction of sp³-hybridized carbons (Fsp3) is 0.333. The minimum Gasteiger partial charge on any atom is -0.461 e. The summed E-state index contributed by atoms with van der Waals surface area (Å²) in [6, 6.07) is 9.81. The molecule has 0 aromatic carbocycles. The van der Waals surface area contributed by atoms with Crippen LogP contribution in [0.5, 0.6) is 0 Å². The van der Waals surface area contributed by atoms with Crippen LogP contribution in [0.3, 0.4) is 0 Å². The molecule has 0 spiro atoms. The van der Waals surface area contributed by atoms with E-state index in [1.54, 1.807) is 17.5 Å². The van der Waals surface area contributed by atoms with Crippen molar-refractivity contribution in [3.8, 4) is 10.6 Å². The molecule has 4 rings (SSSR count). The SMILES string of the molecule is CC(=O)O[C@H]1CCCN(c2ncc(-c3cccc(Nc4cc(C)ccn4)n3)s2)C1. The maximum Gasteiger partial charge on any atom is 0.302 e. The third kappa shape index (κ3) is 4.89. The number of piperidine rings is 1. The van der Waals surface area contributed by atoms with E-state index in [1.807, 2.05) is 43.5 Å². The number of thiazole rings is 1. The van der Waals surface area contributed by atoms with Crippen molar-refractivity contribution in [2.24, 2.45) is 0 Å². The van der Waals surface area contributed by atoms with Crippen molar-refractivity contribution < 1.29 is 9.53 Å². The summed E-state index contributed by atoms with van der Waals surface area (Å²) in [5.74, 6) is 1.28. The van der Waals surface area contributed by atoms with Crippen LogP contribution < -0.4 is 10.2 Å². The van der Waals surface area contributed by atoms with E-state index in [2.05, 4.69) is 20.2 Å². The number of hydrogen-bond acceptors (Lipinski definition) is 8.